The van der Waals surface area contributed by atoms with Gasteiger partial charge in [-0.2, -0.15) is 5.10 Å². The standard InChI is InChI=1S/C12H14N4O2/c1-7(11(17)13-2)15-12(18)8-3-4-9-6-14-16-10(9)5-8/h3-7H,1-2H3,(H,13,17)(H,14,16)(H,15,18). The first-order chi connectivity index (χ1) is 8.61. The van der Waals surface area contributed by atoms with Crippen molar-refractivity contribution in [1.29, 1.82) is 0 Å². The number of likely N-dealkylation sites (N-methyl/N-ethyl adjacent to an activating group) is 1. The molecule has 0 saturated heterocycles. The Morgan fingerprint density at radius 2 is 2.17 bits per heavy atom. The number of amides is 2. The lowest BCUT2D eigenvalue weighted by atomic mass is 10.1. The van der Waals surface area contributed by atoms with Crippen LogP contribution in [0.4, 0.5) is 0 Å². The molecule has 1 unspecified atom stereocenters. The molecule has 94 valence electrons. The number of nitrogens with one attached hydrogen (secondary N) is 3. The predicted molar refractivity (Wildman–Crippen MR) is 67.1 cm³/mol. The van der Waals surface area contributed by atoms with Gasteiger partial charge in [0.1, 0.15) is 6.04 Å². The van der Waals surface area contributed by atoms with Crippen LogP contribution in [0.3, 0.4) is 0 Å². The van der Waals surface area contributed by atoms with E-state index in [0.717, 1.165) is 10.9 Å². The third-order valence-corrected chi connectivity index (χ3v) is 2.69. The maximum Gasteiger partial charge on any atom is 0.251 e. The van der Waals surface area contributed by atoms with E-state index < -0.39 is 6.04 Å². The number of rotatable bonds is 3. The highest BCUT2D eigenvalue weighted by Crippen LogP contribution is 2.12. The Bertz CT molecular complexity index is 591. The molecular weight excluding hydrogens is 232 g/mol. The molecule has 0 spiro atoms. The third-order valence-electron chi connectivity index (χ3n) is 2.69. The van der Waals surface area contributed by atoms with E-state index in [4.69, 9.17) is 0 Å². The summed E-state index contributed by atoms with van der Waals surface area (Å²) in [5.41, 5.74) is 1.28. The summed E-state index contributed by atoms with van der Waals surface area (Å²) in [7, 11) is 1.53. The van der Waals surface area contributed by atoms with E-state index in [9.17, 15) is 9.59 Å². The minimum Gasteiger partial charge on any atom is -0.357 e. The summed E-state index contributed by atoms with van der Waals surface area (Å²) >= 11 is 0. The zero-order valence-electron chi connectivity index (χ0n) is 10.2. The fourth-order valence-electron chi connectivity index (χ4n) is 1.64. The smallest absolute Gasteiger partial charge is 0.251 e. The molecule has 0 bridgehead atoms. The second kappa shape index (κ2) is 4.87. The number of hydrogen-bond acceptors (Lipinski definition) is 3. The van der Waals surface area contributed by atoms with Crippen LogP contribution in [0.15, 0.2) is 24.4 Å². The lowest BCUT2D eigenvalue weighted by molar-refractivity contribution is -0.122. The van der Waals surface area contributed by atoms with Crippen molar-refractivity contribution in [2.75, 3.05) is 7.05 Å². The Morgan fingerprint density at radius 3 is 2.89 bits per heavy atom. The quantitative estimate of drug-likeness (QED) is 0.733. The maximum atomic E-state index is 11.9. The Hall–Kier alpha value is -2.37. The van der Waals surface area contributed by atoms with Gasteiger partial charge in [0.25, 0.3) is 5.91 Å². The predicted octanol–water partition coefficient (Wildman–Crippen LogP) is 0.427. The van der Waals surface area contributed by atoms with Gasteiger partial charge in [-0.15, -0.1) is 0 Å². The molecule has 0 aliphatic rings. The van der Waals surface area contributed by atoms with E-state index in [-0.39, 0.29) is 11.8 Å². The van der Waals surface area contributed by atoms with Gasteiger partial charge >= 0.3 is 0 Å². The van der Waals surface area contributed by atoms with Crippen LogP contribution in [-0.2, 0) is 4.79 Å². The van der Waals surface area contributed by atoms with Crippen molar-refractivity contribution < 1.29 is 9.59 Å². The molecule has 2 rings (SSSR count). The highest BCUT2D eigenvalue weighted by molar-refractivity contribution is 5.99. The monoisotopic (exact) mass is 246 g/mol. The second-order valence-corrected chi connectivity index (χ2v) is 3.98. The number of nitrogens with zero attached hydrogens (tertiary/aromatic N) is 1. The lowest BCUT2D eigenvalue weighted by Crippen LogP contribution is -2.43. The molecule has 0 fully saturated rings. The van der Waals surface area contributed by atoms with Crippen molar-refractivity contribution in [3.8, 4) is 0 Å². The normalized spacial score (nSPS) is 12.1. The first-order valence-corrected chi connectivity index (χ1v) is 5.57. The van der Waals surface area contributed by atoms with E-state index in [1.807, 2.05) is 0 Å². The molecule has 2 amide bonds. The van der Waals surface area contributed by atoms with Crippen molar-refractivity contribution in [2.45, 2.75) is 13.0 Å². The molecule has 0 radical (unpaired) electrons. The van der Waals surface area contributed by atoms with Crippen LogP contribution in [0, 0.1) is 0 Å². The largest absolute Gasteiger partial charge is 0.357 e. The average Bonchev–Trinajstić information content (AvgIpc) is 2.84. The first-order valence-electron chi connectivity index (χ1n) is 5.57. The molecule has 0 aliphatic heterocycles. The van der Waals surface area contributed by atoms with Crippen molar-refractivity contribution in [3.63, 3.8) is 0 Å². The van der Waals surface area contributed by atoms with Crippen LogP contribution in [0.2, 0.25) is 0 Å². The van der Waals surface area contributed by atoms with Gasteiger partial charge in [-0.25, -0.2) is 0 Å². The Kier molecular flexibility index (Phi) is 3.27. The van der Waals surface area contributed by atoms with E-state index in [0.29, 0.717) is 5.56 Å². The van der Waals surface area contributed by atoms with Crippen molar-refractivity contribution in [3.05, 3.63) is 30.0 Å². The Balaban J connectivity index is 2.15. The summed E-state index contributed by atoms with van der Waals surface area (Å²) < 4.78 is 0. The van der Waals surface area contributed by atoms with Gasteiger partial charge in [0.05, 0.1) is 11.7 Å². The SMILES string of the molecule is CNC(=O)C(C)NC(=O)c1ccc2cn[nH]c2c1. The Morgan fingerprint density at radius 1 is 1.39 bits per heavy atom. The van der Waals surface area contributed by atoms with Gasteiger partial charge in [-0.3, -0.25) is 14.7 Å². The third kappa shape index (κ3) is 2.32. The molecule has 3 N–H and O–H groups in total. The zero-order chi connectivity index (χ0) is 13.1. The molecule has 2 aromatic rings. The van der Waals surface area contributed by atoms with E-state index in [1.165, 1.54) is 7.05 Å². The lowest BCUT2D eigenvalue weighted by Gasteiger charge is -2.12. The van der Waals surface area contributed by atoms with Gasteiger partial charge in [0, 0.05) is 18.0 Å². The number of aromatic amines is 1. The van der Waals surface area contributed by atoms with Crippen molar-refractivity contribution in [1.82, 2.24) is 20.8 Å². The Labute approximate surface area is 104 Å². The summed E-state index contributed by atoms with van der Waals surface area (Å²) in [5, 5.41) is 12.7. The molecule has 0 aliphatic carbocycles. The minimum absolute atomic E-state index is 0.231. The number of carbonyl (C=O) groups excluding carboxylic acids is 2. The number of aromatic nitrogens is 2. The van der Waals surface area contributed by atoms with Crippen LogP contribution < -0.4 is 10.6 Å². The second-order valence-electron chi connectivity index (χ2n) is 3.98. The first kappa shape index (κ1) is 12.1. The molecule has 18 heavy (non-hydrogen) atoms. The van der Waals surface area contributed by atoms with Gasteiger partial charge in [-0.05, 0) is 19.1 Å². The van der Waals surface area contributed by atoms with E-state index >= 15 is 0 Å². The van der Waals surface area contributed by atoms with Crippen LogP contribution in [0.1, 0.15) is 17.3 Å². The van der Waals surface area contributed by atoms with Gasteiger partial charge < -0.3 is 10.6 Å². The molecule has 1 aromatic carbocycles. The molecule has 1 atom stereocenters. The van der Waals surface area contributed by atoms with Crippen LogP contribution in [0.5, 0.6) is 0 Å². The van der Waals surface area contributed by atoms with Gasteiger partial charge in [0.15, 0.2) is 0 Å². The fraction of sp³-hybridized carbons (Fsp3) is 0.250. The van der Waals surface area contributed by atoms with Gasteiger partial charge in [-0.1, -0.05) is 6.07 Å². The van der Waals surface area contributed by atoms with Gasteiger partial charge in [0.2, 0.25) is 5.91 Å². The highest BCUT2D eigenvalue weighted by atomic mass is 16.2. The minimum atomic E-state index is -0.569. The zero-order valence-corrected chi connectivity index (χ0v) is 10.2. The van der Waals surface area contributed by atoms with Crippen LogP contribution in [0.25, 0.3) is 10.9 Å². The summed E-state index contributed by atoms with van der Waals surface area (Å²) in [6.45, 7) is 1.63. The average molecular weight is 246 g/mol. The molecule has 6 heteroatoms. The number of H-pyrrole nitrogens is 1. The van der Waals surface area contributed by atoms with E-state index in [2.05, 4.69) is 20.8 Å². The number of fused-ring (bicyclic) bond motifs is 1. The molecule has 6 nitrogen and oxygen atoms in total. The summed E-state index contributed by atoms with van der Waals surface area (Å²) in [6, 6.07) is 4.64. The van der Waals surface area contributed by atoms with Crippen LogP contribution >= 0.6 is 0 Å². The maximum absolute atomic E-state index is 11.9. The summed E-state index contributed by atoms with van der Waals surface area (Å²) in [6.07, 6.45) is 1.68. The molecule has 1 aromatic heterocycles. The van der Waals surface area contributed by atoms with Crippen LogP contribution in [-0.4, -0.2) is 35.1 Å². The molecule has 1 heterocycles. The molecular formula is C12H14N4O2. The van der Waals surface area contributed by atoms with Crippen molar-refractivity contribution in [2.24, 2.45) is 0 Å². The highest BCUT2D eigenvalue weighted by Gasteiger charge is 2.15. The molecule has 0 saturated carbocycles. The van der Waals surface area contributed by atoms with E-state index in [1.54, 1.807) is 31.3 Å². The topological polar surface area (TPSA) is 86.9 Å². The fourth-order valence-corrected chi connectivity index (χ4v) is 1.64. The number of hydrogen-bond donors (Lipinski definition) is 3. The van der Waals surface area contributed by atoms with Crippen molar-refractivity contribution >= 4 is 22.7 Å². The number of benzene rings is 1. The number of carbonyl (C=O) groups is 2. The summed E-state index contributed by atoms with van der Waals surface area (Å²) in [4.78, 5) is 23.2. The summed E-state index contributed by atoms with van der Waals surface area (Å²) in [5.74, 6) is -0.520.